The maximum atomic E-state index is 4.67. The fourth-order valence-corrected chi connectivity index (χ4v) is 3.47. The molecule has 1 aromatic carbocycles. The predicted octanol–water partition coefficient (Wildman–Crippen LogP) is 3.12. The SMILES string of the molecule is CNc1nnc(SCc2nc3ccccc3nc2C)s1. The second kappa shape index (κ2) is 5.72. The molecule has 3 aromatic rings. The third-order valence-corrected chi connectivity index (χ3v) is 4.88. The summed E-state index contributed by atoms with van der Waals surface area (Å²) >= 11 is 3.18. The van der Waals surface area contributed by atoms with Crippen LogP contribution in [0.15, 0.2) is 28.6 Å². The Hall–Kier alpha value is -1.73. The van der Waals surface area contributed by atoms with Crippen LogP contribution in [0.2, 0.25) is 0 Å². The number of benzene rings is 1. The van der Waals surface area contributed by atoms with Gasteiger partial charge in [-0.2, -0.15) is 0 Å². The minimum Gasteiger partial charge on any atom is -0.363 e. The molecule has 0 aliphatic carbocycles. The molecule has 102 valence electrons. The summed E-state index contributed by atoms with van der Waals surface area (Å²) in [7, 11) is 1.84. The molecular weight excluding hydrogens is 290 g/mol. The Bertz CT molecular complexity index is 740. The number of fused-ring (bicyclic) bond motifs is 1. The number of thioether (sulfide) groups is 1. The first-order valence-corrected chi connectivity index (χ1v) is 7.93. The molecular formula is C13H13N5S2. The molecule has 2 heterocycles. The Labute approximate surface area is 124 Å². The minimum atomic E-state index is 0.752. The van der Waals surface area contributed by atoms with E-state index in [2.05, 4.69) is 25.5 Å². The van der Waals surface area contributed by atoms with Crippen LogP contribution >= 0.6 is 23.1 Å². The van der Waals surface area contributed by atoms with Gasteiger partial charge in [0, 0.05) is 12.8 Å². The quantitative estimate of drug-likeness (QED) is 0.747. The van der Waals surface area contributed by atoms with Gasteiger partial charge in [-0.15, -0.1) is 10.2 Å². The summed E-state index contributed by atoms with van der Waals surface area (Å²) in [5.74, 6) is 0.752. The van der Waals surface area contributed by atoms with Crippen molar-refractivity contribution in [1.82, 2.24) is 20.2 Å². The Kier molecular flexibility index (Phi) is 3.79. The van der Waals surface area contributed by atoms with Gasteiger partial charge in [-0.05, 0) is 19.1 Å². The van der Waals surface area contributed by atoms with Crippen LogP contribution in [-0.4, -0.2) is 27.2 Å². The molecule has 0 spiro atoms. The number of nitrogens with one attached hydrogen (secondary N) is 1. The zero-order valence-corrected chi connectivity index (χ0v) is 12.8. The molecule has 0 saturated heterocycles. The molecule has 0 bridgehead atoms. The Morgan fingerprint density at radius 1 is 1.15 bits per heavy atom. The largest absolute Gasteiger partial charge is 0.363 e. The normalized spacial score (nSPS) is 10.9. The average Bonchev–Trinajstić information content (AvgIpc) is 2.93. The van der Waals surface area contributed by atoms with Gasteiger partial charge in [0.2, 0.25) is 5.13 Å². The van der Waals surface area contributed by atoms with Crippen molar-refractivity contribution in [2.24, 2.45) is 0 Å². The standard InChI is InChI=1S/C13H13N5S2/c1-8-11(7-19-13-18-17-12(14-2)20-13)16-10-6-4-3-5-9(10)15-8/h3-6H,7H2,1-2H3,(H,14,17). The number of hydrogen-bond acceptors (Lipinski definition) is 7. The van der Waals surface area contributed by atoms with Crippen LogP contribution in [0, 0.1) is 6.92 Å². The Morgan fingerprint density at radius 2 is 1.90 bits per heavy atom. The van der Waals surface area contributed by atoms with E-state index in [1.807, 2.05) is 38.2 Å². The molecule has 0 radical (unpaired) electrons. The Morgan fingerprint density at radius 3 is 2.60 bits per heavy atom. The van der Waals surface area contributed by atoms with Gasteiger partial charge in [0.1, 0.15) is 0 Å². The number of nitrogens with zero attached hydrogens (tertiary/aromatic N) is 4. The third kappa shape index (κ3) is 2.73. The molecule has 3 rings (SSSR count). The maximum Gasteiger partial charge on any atom is 0.206 e. The minimum absolute atomic E-state index is 0.752. The van der Waals surface area contributed by atoms with Gasteiger partial charge < -0.3 is 5.32 Å². The van der Waals surface area contributed by atoms with Gasteiger partial charge in [-0.25, -0.2) is 9.97 Å². The summed E-state index contributed by atoms with van der Waals surface area (Å²) in [4.78, 5) is 9.26. The van der Waals surface area contributed by atoms with E-state index in [1.165, 1.54) is 0 Å². The predicted molar refractivity (Wildman–Crippen MR) is 83.3 cm³/mol. The summed E-state index contributed by atoms with van der Waals surface area (Å²) < 4.78 is 0.934. The smallest absolute Gasteiger partial charge is 0.206 e. The van der Waals surface area contributed by atoms with Crippen LogP contribution in [0.5, 0.6) is 0 Å². The lowest BCUT2D eigenvalue weighted by molar-refractivity contribution is 1.01. The molecule has 20 heavy (non-hydrogen) atoms. The molecule has 0 atom stereocenters. The highest BCUT2D eigenvalue weighted by molar-refractivity contribution is 8.00. The van der Waals surface area contributed by atoms with Crippen LogP contribution in [0.4, 0.5) is 5.13 Å². The zero-order chi connectivity index (χ0) is 13.9. The number of aromatic nitrogens is 4. The second-order valence-electron chi connectivity index (χ2n) is 4.16. The van der Waals surface area contributed by atoms with Crippen LogP contribution in [0.1, 0.15) is 11.4 Å². The molecule has 0 fully saturated rings. The monoisotopic (exact) mass is 303 g/mol. The zero-order valence-electron chi connectivity index (χ0n) is 11.1. The first-order valence-electron chi connectivity index (χ1n) is 6.12. The molecule has 0 saturated carbocycles. The first kappa shape index (κ1) is 13.3. The number of hydrogen-bond donors (Lipinski definition) is 1. The van der Waals surface area contributed by atoms with Crippen LogP contribution in [0.3, 0.4) is 0 Å². The van der Waals surface area contributed by atoms with Crippen molar-refractivity contribution in [3.8, 4) is 0 Å². The van der Waals surface area contributed by atoms with Crippen molar-refractivity contribution in [2.45, 2.75) is 17.0 Å². The van der Waals surface area contributed by atoms with Crippen molar-refractivity contribution in [1.29, 1.82) is 0 Å². The second-order valence-corrected chi connectivity index (χ2v) is 6.36. The lowest BCUT2D eigenvalue weighted by Gasteiger charge is -2.05. The summed E-state index contributed by atoms with van der Waals surface area (Å²) in [6.45, 7) is 1.99. The summed E-state index contributed by atoms with van der Waals surface area (Å²) in [6, 6.07) is 7.93. The summed E-state index contributed by atoms with van der Waals surface area (Å²) in [6.07, 6.45) is 0. The lowest BCUT2D eigenvalue weighted by Crippen LogP contribution is -1.96. The van der Waals surface area contributed by atoms with Crippen LogP contribution in [-0.2, 0) is 5.75 Å². The molecule has 0 unspecified atom stereocenters. The van der Waals surface area contributed by atoms with E-state index in [4.69, 9.17) is 0 Å². The summed E-state index contributed by atoms with van der Waals surface area (Å²) in [5, 5.41) is 11.9. The molecule has 0 aliphatic rings. The van der Waals surface area contributed by atoms with Gasteiger partial charge in [0.15, 0.2) is 4.34 Å². The molecule has 7 heteroatoms. The highest BCUT2D eigenvalue weighted by Crippen LogP contribution is 2.28. The molecule has 1 N–H and O–H groups in total. The van der Waals surface area contributed by atoms with E-state index in [-0.39, 0.29) is 0 Å². The van der Waals surface area contributed by atoms with Crippen molar-refractivity contribution in [2.75, 3.05) is 12.4 Å². The fraction of sp³-hybridized carbons (Fsp3) is 0.231. The van der Waals surface area contributed by atoms with E-state index in [0.29, 0.717) is 0 Å². The van der Waals surface area contributed by atoms with Crippen molar-refractivity contribution in [3.63, 3.8) is 0 Å². The van der Waals surface area contributed by atoms with Gasteiger partial charge in [-0.3, -0.25) is 0 Å². The van der Waals surface area contributed by atoms with E-state index in [9.17, 15) is 0 Å². The first-order chi connectivity index (χ1) is 9.76. The van der Waals surface area contributed by atoms with Crippen molar-refractivity contribution >= 4 is 39.3 Å². The maximum absolute atomic E-state index is 4.67. The summed E-state index contributed by atoms with van der Waals surface area (Å²) in [5.41, 5.74) is 3.83. The van der Waals surface area contributed by atoms with E-state index in [0.717, 1.165) is 37.6 Å². The van der Waals surface area contributed by atoms with E-state index < -0.39 is 0 Å². The number of anilines is 1. The topological polar surface area (TPSA) is 63.6 Å². The average molecular weight is 303 g/mol. The van der Waals surface area contributed by atoms with Gasteiger partial charge in [-0.1, -0.05) is 35.2 Å². The van der Waals surface area contributed by atoms with E-state index in [1.54, 1.807) is 23.1 Å². The lowest BCUT2D eigenvalue weighted by atomic mass is 10.2. The highest BCUT2D eigenvalue weighted by atomic mass is 32.2. The molecule has 0 amide bonds. The number of rotatable bonds is 4. The van der Waals surface area contributed by atoms with Crippen molar-refractivity contribution < 1.29 is 0 Å². The van der Waals surface area contributed by atoms with Gasteiger partial charge in [0.05, 0.1) is 22.4 Å². The Balaban J connectivity index is 1.81. The van der Waals surface area contributed by atoms with Crippen LogP contribution < -0.4 is 5.32 Å². The third-order valence-electron chi connectivity index (χ3n) is 2.80. The fourth-order valence-electron chi connectivity index (χ4n) is 1.76. The van der Waals surface area contributed by atoms with Gasteiger partial charge >= 0.3 is 0 Å². The molecule has 2 aromatic heterocycles. The highest BCUT2D eigenvalue weighted by Gasteiger charge is 2.08. The van der Waals surface area contributed by atoms with Gasteiger partial charge in [0.25, 0.3) is 0 Å². The number of para-hydroxylation sites is 2. The molecule has 0 aliphatic heterocycles. The van der Waals surface area contributed by atoms with Crippen molar-refractivity contribution in [3.05, 3.63) is 35.7 Å². The van der Waals surface area contributed by atoms with Crippen LogP contribution in [0.25, 0.3) is 11.0 Å². The van der Waals surface area contributed by atoms with E-state index >= 15 is 0 Å². The molecule has 5 nitrogen and oxygen atoms in total. The number of aryl methyl sites for hydroxylation is 1.